The van der Waals surface area contributed by atoms with Gasteiger partial charge in [-0.1, -0.05) is 180 Å². The van der Waals surface area contributed by atoms with Gasteiger partial charge in [-0.3, -0.25) is 42.9 Å². The number of Topliss-reactive ketones (excluding diaryl/α,β-unsaturated/α-hetero) is 1. The second kappa shape index (κ2) is 49.3. The van der Waals surface area contributed by atoms with Gasteiger partial charge in [0.2, 0.25) is 64.4 Å². The van der Waals surface area contributed by atoms with Crippen molar-refractivity contribution in [2.24, 2.45) is 77.7 Å². The number of aromatic nitrogens is 7. The van der Waals surface area contributed by atoms with Gasteiger partial charge in [0.05, 0.1) is 69.4 Å². The average molecular weight is 1770 g/mol. The zero-order valence-corrected chi connectivity index (χ0v) is 73.1. The number of hydrogen-bond acceptors (Lipinski definition) is 15. The van der Waals surface area contributed by atoms with E-state index in [1.54, 1.807) is 41.0 Å². The molecule has 6 aliphatic rings. The maximum absolute atomic E-state index is 13.4. The summed E-state index contributed by atoms with van der Waals surface area (Å²) in [7, 11) is 3.86. The molecule has 5 amide bonds. The van der Waals surface area contributed by atoms with Gasteiger partial charge in [0, 0.05) is 92.2 Å². The summed E-state index contributed by atoms with van der Waals surface area (Å²) >= 11 is 25.1. The number of aryl methyl sites for hydroxylation is 2. The first-order valence-electron chi connectivity index (χ1n) is 41.7. The van der Waals surface area contributed by atoms with Crippen LogP contribution >= 0.6 is 46.4 Å². The highest BCUT2D eigenvalue weighted by Crippen LogP contribution is 2.40. The van der Waals surface area contributed by atoms with Crippen LogP contribution in [0.1, 0.15) is 212 Å². The Labute approximate surface area is 724 Å². The molecule has 0 radical (unpaired) electrons. The topological polar surface area (TPSA) is 365 Å². The van der Waals surface area contributed by atoms with Crippen LogP contribution in [-0.4, -0.2) is 161 Å². The number of esters is 1. The van der Waals surface area contributed by atoms with Crippen LogP contribution in [0.5, 0.6) is 5.75 Å². The molecule has 6 aromatic rings. The molecule has 4 aliphatic carbocycles. The summed E-state index contributed by atoms with van der Waals surface area (Å²) in [5.74, 6) is -14.6. The van der Waals surface area contributed by atoms with Gasteiger partial charge in [-0.15, -0.1) is 5.10 Å². The molecule has 3 aromatic heterocycles. The number of ketones is 1. The number of benzene rings is 3. The van der Waals surface area contributed by atoms with Crippen molar-refractivity contribution in [2.45, 2.75) is 207 Å². The number of likely N-dealkylation sites (tertiary alicyclic amines) is 2. The van der Waals surface area contributed by atoms with E-state index < -0.39 is 65.3 Å². The van der Waals surface area contributed by atoms with Crippen LogP contribution in [0.4, 0.5) is 22.0 Å². The van der Waals surface area contributed by atoms with Crippen LogP contribution < -0.4 is 37.9 Å². The summed E-state index contributed by atoms with van der Waals surface area (Å²) in [6.45, 7) is 14.5. The standard InChI is InChI=1S/C26H35Cl2N7O2.C26H34Cl2N4O2.C17H18F5NO3.C9H16O2.C5H7N3.C3H7NO/c1-34-21(14-20(33-34)18-8-5-9-19(27)23(18)28)16-10-12-35(13-11-16)22(36)15-31-25(37)24(32-26(29)30)17-6-3-2-4-7-17;1-17(18-7-4-3-5-8-18)26(34)29-16-24(33)32-13-11-19(12-14-32)23-15-22(30-31(23)2)20-9-6-10-21(27)25(20)28;1-8(9-5-3-2-4-6-9)17(25)23-7-10(24)26-16-14(21)12(19)11(18)13(20)15(16)22;1-7(9(10)11)8-5-3-2-4-6-8;1-5(2)8-4-3-6-7-8;1-3(5)2-4/h5,8-9,14,16-17,24H,2-4,6-7,10-13,15H2,1H3,(H,31,37)(H4,29,30,32);6,9-10,15,17-19H,3-5,7-8,11-14,16H2,1-2H3,(H,29,34);8-9H,2-7H2,1H3,(H,23,25);7-8H,2-6H2,1H3,(H,10,11);3-4H,1H2,2H3;2,4H2,1H3/t24-;17-;8-;7-;;/m1111../s1. The first kappa shape index (κ1) is 99.1. The van der Waals surface area contributed by atoms with Crippen molar-refractivity contribution in [3.05, 3.63) is 128 Å². The predicted octanol–water partition coefficient (Wildman–Crippen LogP) is 15.1. The number of ether oxygens (including phenoxy) is 1. The second-order valence-corrected chi connectivity index (χ2v) is 33.6. The minimum absolute atomic E-state index is 0.000881. The van der Waals surface area contributed by atoms with Crippen LogP contribution in [0.25, 0.3) is 28.2 Å². The van der Waals surface area contributed by atoms with Crippen molar-refractivity contribution in [3.8, 4) is 28.3 Å². The highest BCUT2D eigenvalue weighted by molar-refractivity contribution is 6.44. The van der Waals surface area contributed by atoms with Crippen LogP contribution in [0, 0.1) is 70.5 Å². The summed E-state index contributed by atoms with van der Waals surface area (Å²) in [5.41, 5.74) is 22.3. The molecule has 2 saturated heterocycles. The lowest BCUT2D eigenvalue weighted by Gasteiger charge is -2.32. The molecule has 4 saturated carbocycles. The molecule has 35 heteroatoms. The maximum Gasteiger partial charge on any atom is 0.331 e. The number of allylic oxidation sites excluding steroid dienone is 1. The van der Waals surface area contributed by atoms with E-state index in [4.69, 9.17) is 68.7 Å². The Balaban J connectivity index is 0.000000221. The molecule has 3 aromatic carbocycles. The van der Waals surface area contributed by atoms with Gasteiger partial charge < -0.3 is 52.8 Å². The molecule has 26 nitrogen and oxygen atoms in total. The number of carbonyl (C=O) groups excluding carboxylic acids is 7. The van der Waals surface area contributed by atoms with E-state index >= 15 is 0 Å². The number of rotatable bonds is 22. The molecule has 6 fully saturated rings. The highest BCUT2D eigenvalue weighted by atomic mass is 35.5. The Morgan fingerprint density at radius 3 is 1.26 bits per heavy atom. The van der Waals surface area contributed by atoms with E-state index in [0.717, 1.165) is 155 Å². The third kappa shape index (κ3) is 29.6. The van der Waals surface area contributed by atoms with Crippen LogP contribution in [0.15, 0.2) is 72.5 Å². The normalized spacial score (nSPS) is 17.2. The number of piperidine rings is 2. The van der Waals surface area contributed by atoms with Crippen molar-refractivity contribution in [1.82, 2.24) is 60.3 Å². The number of nitrogens with zero attached hydrogens (tertiary/aromatic N) is 10. The van der Waals surface area contributed by atoms with Crippen molar-refractivity contribution < 1.29 is 70.2 Å². The van der Waals surface area contributed by atoms with Crippen molar-refractivity contribution in [1.29, 1.82) is 0 Å². The largest absolute Gasteiger partial charge is 0.481 e. The number of hydrogen-bond donors (Lipinski definition) is 7. The SMILES string of the molecule is C=C(C)n1ccnn1.CC(=O)CN.C[C@@H](C(=O)NCC(=O)N1CCC(c2cc(-c3cccc(Cl)c3Cl)nn2C)CC1)C1CCCCC1.C[C@@H](C(=O)NCC(=O)Oc1c(F)c(F)c(F)c(F)c1F)C1CCCCC1.C[C@@H](C(=O)O)C1CCCCC1.Cn1nc(-c2cccc(Cl)c2Cl)cc1C1CCN(C(=O)CNC(=O)[C@H](N=C(N)N)C2CCCCC2)CC1. The lowest BCUT2D eigenvalue weighted by atomic mass is 9.80. The number of nitrogens with two attached hydrogens (primary N) is 3. The van der Waals surface area contributed by atoms with E-state index in [0.29, 0.717) is 64.0 Å². The Morgan fingerprint density at radius 2 is 0.909 bits per heavy atom. The smallest absolute Gasteiger partial charge is 0.331 e. The molecule has 2 aliphatic heterocycles. The van der Waals surface area contributed by atoms with Gasteiger partial charge in [0.15, 0.2) is 5.96 Å². The number of carboxylic acid groups (broad SMARTS) is 1. The lowest BCUT2D eigenvalue weighted by Crippen LogP contribution is -2.47. The van der Waals surface area contributed by atoms with E-state index in [9.17, 15) is 60.3 Å². The van der Waals surface area contributed by atoms with Gasteiger partial charge in [0.1, 0.15) is 18.4 Å². The molecular formula is C86H117Cl4F5N16O10. The number of aliphatic imine (C=N–C) groups is 1. The van der Waals surface area contributed by atoms with Crippen molar-refractivity contribution in [2.75, 3.05) is 52.4 Å². The van der Waals surface area contributed by atoms with Gasteiger partial charge in [0.25, 0.3) is 0 Å². The third-order valence-corrected chi connectivity index (χ3v) is 25.1. The van der Waals surface area contributed by atoms with Crippen LogP contribution in [-0.2, 0) is 52.5 Å². The number of amides is 5. The lowest BCUT2D eigenvalue weighted by molar-refractivity contribution is -0.143. The summed E-state index contributed by atoms with van der Waals surface area (Å²) in [6.07, 6.45) is 28.7. The van der Waals surface area contributed by atoms with E-state index in [1.165, 1.54) is 45.4 Å². The number of halogens is 9. The summed E-state index contributed by atoms with van der Waals surface area (Å²) in [5, 5.41) is 35.3. The Kier molecular flexibility index (Phi) is 40.4. The molecule has 0 unspecified atom stereocenters. The zero-order chi connectivity index (χ0) is 88.7. The fourth-order valence-electron chi connectivity index (χ4n) is 16.1. The molecule has 10 N–H and O–H groups in total. The first-order valence-corrected chi connectivity index (χ1v) is 43.2. The predicted molar refractivity (Wildman–Crippen MR) is 457 cm³/mol. The summed E-state index contributed by atoms with van der Waals surface area (Å²) in [6, 6.07) is 14.6. The van der Waals surface area contributed by atoms with Crippen LogP contribution in [0.3, 0.4) is 0 Å². The Bertz CT molecular complexity index is 4440. The second-order valence-electron chi connectivity index (χ2n) is 32.0. The molecular weight excluding hydrogens is 1650 g/mol. The first-order chi connectivity index (χ1) is 57.6. The van der Waals surface area contributed by atoms with Gasteiger partial charge in [-0.25, -0.2) is 27.6 Å². The summed E-state index contributed by atoms with van der Waals surface area (Å²) < 4.78 is 75.6. The van der Waals surface area contributed by atoms with Gasteiger partial charge in [-0.2, -0.15) is 19.0 Å². The van der Waals surface area contributed by atoms with Gasteiger partial charge in [-0.05, 0) is 139 Å². The number of nitrogens with one attached hydrogen (secondary N) is 3. The van der Waals surface area contributed by atoms with E-state index in [-0.39, 0.29) is 90.5 Å². The molecule has 12 rings (SSSR count). The van der Waals surface area contributed by atoms with E-state index in [1.807, 2.05) is 73.4 Å². The molecule has 4 atom stereocenters. The molecule has 664 valence electrons. The number of carbonyl (C=O) groups is 8. The maximum atomic E-state index is 13.4. The molecule has 121 heavy (non-hydrogen) atoms. The summed E-state index contributed by atoms with van der Waals surface area (Å²) in [4.78, 5) is 103. The molecule has 0 spiro atoms. The monoisotopic (exact) mass is 1770 g/mol. The number of guanidine groups is 1. The quantitative estimate of drug-likeness (QED) is 0.00631. The zero-order valence-electron chi connectivity index (χ0n) is 70.1. The minimum Gasteiger partial charge on any atom is -0.481 e. The minimum atomic E-state index is -2.35. The van der Waals surface area contributed by atoms with Crippen molar-refractivity contribution in [3.63, 3.8) is 0 Å². The van der Waals surface area contributed by atoms with E-state index in [2.05, 4.69) is 64.9 Å². The van der Waals surface area contributed by atoms with Crippen LogP contribution in [0.2, 0.25) is 20.1 Å². The average Bonchev–Trinajstić information content (AvgIpc) is 1.80. The van der Waals surface area contributed by atoms with Gasteiger partial charge >= 0.3 is 11.9 Å². The number of carboxylic acids is 1. The van der Waals surface area contributed by atoms with Crippen molar-refractivity contribution >= 4 is 105 Å². The highest BCUT2D eigenvalue weighted by Gasteiger charge is 2.35. The third-order valence-electron chi connectivity index (χ3n) is 23.5. The Hall–Kier alpha value is -9.04. The fourth-order valence-corrected chi connectivity index (χ4v) is 16.9. The fraction of sp³-hybridized carbons (Fsp3) is 0.570. The molecule has 0 bridgehead atoms. The Morgan fingerprint density at radius 1 is 0.545 bits per heavy atom. The molecule has 5 heterocycles. The number of aliphatic carboxylic acids is 1.